The Labute approximate surface area is 366 Å². The highest BCUT2D eigenvalue weighted by Crippen LogP contribution is 2.60. The fourth-order valence-electron chi connectivity index (χ4n) is 10.1. The van der Waals surface area contributed by atoms with E-state index in [1.807, 2.05) is 30.5 Å². The van der Waals surface area contributed by atoms with Crippen molar-refractivity contribution in [1.82, 2.24) is 15.0 Å². The van der Waals surface area contributed by atoms with Gasteiger partial charge in [-0.15, -0.1) is 0 Å². The molecule has 0 N–H and O–H groups in total. The summed E-state index contributed by atoms with van der Waals surface area (Å²) >= 11 is 0. The summed E-state index contributed by atoms with van der Waals surface area (Å²) in [6.07, 6.45) is 3.70. The van der Waals surface area contributed by atoms with Gasteiger partial charge in [0.2, 0.25) is 0 Å². The lowest BCUT2D eigenvalue weighted by Crippen LogP contribution is -2.29. The zero-order chi connectivity index (χ0) is 41.7. The maximum Gasteiger partial charge on any atom is 0.160 e. The number of hydrogen-bond donors (Lipinski definition) is 0. The fraction of sp³-hybridized carbons (Fsp3) is 0.0167. The molecule has 12 rings (SSSR count). The van der Waals surface area contributed by atoms with Crippen LogP contribution >= 0.6 is 0 Å². The van der Waals surface area contributed by atoms with Crippen LogP contribution < -0.4 is 0 Å². The van der Waals surface area contributed by atoms with Crippen molar-refractivity contribution in [1.29, 1.82) is 0 Å². The van der Waals surface area contributed by atoms with Gasteiger partial charge in [-0.2, -0.15) is 0 Å². The van der Waals surface area contributed by atoms with Crippen LogP contribution in [-0.4, -0.2) is 15.0 Å². The molecule has 0 spiro atoms. The standard InChI is InChI=1S/C60H39N3/c1-4-17-43(18-5-1)59-62-55(42-31-29-40(30-32-42)44-19-15-37-61-39-44)38-56(63-59)51-35-34-50(48-25-12-13-26-49(48)51)52-27-14-28-53-57-47-24-11-10-16-41(47)33-36-54(57)60(58(52)53,45-20-6-2-7-21-45)46-22-8-3-9-23-46/h1-39H. The maximum atomic E-state index is 5.31. The van der Waals surface area contributed by atoms with Crippen LogP contribution in [-0.2, 0) is 5.41 Å². The minimum atomic E-state index is -0.577. The van der Waals surface area contributed by atoms with Crippen molar-refractivity contribution in [2.75, 3.05) is 0 Å². The second kappa shape index (κ2) is 15.0. The maximum absolute atomic E-state index is 5.31. The number of pyridine rings is 1. The Morgan fingerprint density at radius 2 is 0.937 bits per heavy atom. The van der Waals surface area contributed by atoms with Crippen molar-refractivity contribution in [2.45, 2.75) is 5.41 Å². The second-order valence-electron chi connectivity index (χ2n) is 16.3. The van der Waals surface area contributed by atoms with E-state index in [0.717, 1.165) is 44.6 Å². The Hall–Kier alpha value is -8.27. The molecule has 1 aliphatic rings. The Kier molecular flexibility index (Phi) is 8.72. The Bertz CT molecular complexity index is 3430. The lowest BCUT2D eigenvalue weighted by molar-refractivity contribution is 0.771. The van der Waals surface area contributed by atoms with Gasteiger partial charge in [0, 0.05) is 29.1 Å². The molecule has 0 bridgehead atoms. The van der Waals surface area contributed by atoms with E-state index in [4.69, 9.17) is 9.97 Å². The molecule has 294 valence electrons. The minimum absolute atomic E-state index is 0.577. The van der Waals surface area contributed by atoms with Crippen LogP contribution in [0.3, 0.4) is 0 Å². The highest BCUT2D eigenvalue weighted by atomic mass is 14.9. The van der Waals surface area contributed by atoms with Crippen molar-refractivity contribution in [3.05, 3.63) is 259 Å². The SMILES string of the molecule is c1ccc(-c2nc(-c3ccc(-c4cccnc4)cc3)cc(-c3ccc(-c4cccc5c4C(c4ccccc4)(c4ccccc4)c4ccc6ccccc6c4-5)c4ccccc34)n2)cc1. The van der Waals surface area contributed by atoms with Gasteiger partial charge in [0.25, 0.3) is 0 Å². The Morgan fingerprint density at radius 3 is 1.65 bits per heavy atom. The molecule has 0 atom stereocenters. The first-order chi connectivity index (χ1) is 31.3. The lowest BCUT2D eigenvalue weighted by Gasteiger charge is -2.35. The molecule has 11 aromatic rings. The average molecular weight is 802 g/mol. The molecule has 3 nitrogen and oxygen atoms in total. The van der Waals surface area contributed by atoms with Gasteiger partial charge in [-0.05, 0) is 89.3 Å². The van der Waals surface area contributed by atoms with Gasteiger partial charge >= 0.3 is 0 Å². The molecule has 0 saturated carbocycles. The van der Waals surface area contributed by atoms with Crippen molar-refractivity contribution >= 4 is 21.5 Å². The smallest absolute Gasteiger partial charge is 0.160 e. The summed E-state index contributed by atoms with van der Waals surface area (Å²) in [5, 5.41) is 4.81. The van der Waals surface area contributed by atoms with Crippen LogP contribution in [0.1, 0.15) is 22.3 Å². The molecule has 2 aromatic heterocycles. The van der Waals surface area contributed by atoms with E-state index in [1.54, 1.807) is 6.20 Å². The van der Waals surface area contributed by atoms with Gasteiger partial charge in [-0.25, -0.2) is 9.97 Å². The molecule has 2 heterocycles. The summed E-state index contributed by atoms with van der Waals surface area (Å²) in [7, 11) is 0. The lowest BCUT2D eigenvalue weighted by atomic mass is 9.66. The summed E-state index contributed by atoms with van der Waals surface area (Å²) in [6, 6.07) is 81.1. The van der Waals surface area contributed by atoms with Gasteiger partial charge in [-0.1, -0.05) is 212 Å². The molecule has 0 amide bonds. The van der Waals surface area contributed by atoms with Crippen molar-refractivity contribution in [3.8, 4) is 67.3 Å². The molecule has 1 aliphatic carbocycles. The minimum Gasteiger partial charge on any atom is -0.264 e. The normalized spacial score (nSPS) is 12.6. The third-order valence-corrected chi connectivity index (χ3v) is 12.9. The number of hydrogen-bond acceptors (Lipinski definition) is 3. The van der Waals surface area contributed by atoms with Crippen LogP contribution in [0.25, 0.3) is 88.8 Å². The van der Waals surface area contributed by atoms with Gasteiger partial charge in [0.1, 0.15) is 0 Å². The number of nitrogens with zero attached hydrogens (tertiary/aromatic N) is 3. The van der Waals surface area contributed by atoms with E-state index < -0.39 is 5.41 Å². The zero-order valence-corrected chi connectivity index (χ0v) is 34.4. The van der Waals surface area contributed by atoms with Crippen LogP contribution in [0.5, 0.6) is 0 Å². The van der Waals surface area contributed by atoms with E-state index in [9.17, 15) is 0 Å². The molecule has 3 heteroatoms. The summed E-state index contributed by atoms with van der Waals surface area (Å²) in [5.41, 5.74) is 16.5. The number of benzene rings is 9. The topological polar surface area (TPSA) is 38.7 Å². The largest absolute Gasteiger partial charge is 0.264 e. The monoisotopic (exact) mass is 801 g/mol. The molecule has 0 fully saturated rings. The number of aromatic nitrogens is 3. The molecular weight excluding hydrogens is 763 g/mol. The van der Waals surface area contributed by atoms with Crippen molar-refractivity contribution in [3.63, 3.8) is 0 Å². The molecule has 0 radical (unpaired) electrons. The second-order valence-corrected chi connectivity index (χ2v) is 16.3. The zero-order valence-electron chi connectivity index (χ0n) is 34.4. The van der Waals surface area contributed by atoms with E-state index in [2.05, 4.69) is 205 Å². The third-order valence-electron chi connectivity index (χ3n) is 12.9. The van der Waals surface area contributed by atoms with Crippen molar-refractivity contribution in [2.24, 2.45) is 0 Å². The molecule has 0 aliphatic heterocycles. The third kappa shape index (κ3) is 5.93. The van der Waals surface area contributed by atoms with Gasteiger partial charge in [0.05, 0.1) is 16.8 Å². The van der Waals surface area contributed by atoms with E-state index in [1.165, 1.54) is 60.7 Å². The van der Waals surface area contributed by atoms with E-state index >= 15 is 0 Å². The first kappa shape index (κ1) is 36.6. The summed E-state index contributed by atoms with van der Waals surface area (Å²) in [5.74, 6) is 0.689. The van der Waals surface area contributed by atoms with Crippen LogP contribution in [0.4, 0.5) is 0 Å². The Balaban J connectivity index is 1.09. The highest BCUT2D eigenvalue weighted by Gasteiger charge is 2.48. The van der Waals surface area contributed by atoms with Crippen molar-refractivity contribution < 1.29 is 0 Å². The predicted octanol–water partition coefficient (Wildman–Crippen LogP) is 14.9. The fourth-order valence-corrected chi connectivity index (χ4v) is 10.1. The van der Waals surface area contributed by atoms with E-state index in [0.29, 0.717) is 5.82 Å². The summed E-state index contributed by atoms with van der Waals surface area (Å²) in [4.78, 5) is 14.8. The average Bonchev–Trinajstić information content (AvgIpc) is 3.69. The van der Waals surface area contributed by atoms with Crippen LogP contribution in [0, 0.1) is 0 Å². The highest BCUT2D eigenvalue weighted by molar-refractivity contribution is 6.10. The van der Waals surface area contributed by atoms with Gasteiger partial charge < -0.3 is 0 Å². The first-order valence-electron chi connectivity index (χ1n) is 21.5. The molecule has 9 aromatic carbocycles. The number of fused-ring (bicyclic) bond motifs is 6. The van der Waals surface area contributed by atoms with Crippen LogP contribution in [0.15, 0.2) is 237 Å². The molecule has 0 saturated heterocycles. The molecule has 0 unspecified atom stereocenters. The Morgan fingerprint density at radius 1 is 0.349 bits per heavy atom. The van der Waals surface area contributed by atoms with Crippen LogP contribution in [0.2, 0.25) is 0 Å². The number of rotatable bonds is 7. The summed E-state index contributed by atoms with van der Waals surface area (Å²) in [6.45, 7) is 0. The first-order valence-corrected chi connectivity index (χ1v) is 21.5. The molecule has 63 heavy (non-hydrogen) atoms. The van der Waals surface area contributed by atoms with Gasteiger partial charge in [-0.3, -0.25) is 4.98 Å². The summed E-state index contributed by atoms with van der Waals surface area (Å²) < 4.78 is 0. The molecular formula is C60H39N3. The quantitative estimate of drug-likeness (QED) is 0.161. The van der Waals surface area contributed by atoms with Gasteiger partial charge in [0.15, 0.2) is 5.82 Å². The van der Waals surface area contributed by atoms with E-state index in [-0.39, 0.29) is 0 Å². The predicted molar refractivity (Wildman–Crippen MR) is 259 cm³/mol.